The van der Waals surface area contributed by atoms with Crippen molar-refractivity contribution >= 4 is 29.4 Å². The second-order valence-corrected chi connectivity index (χ2v) is 15.2. The van der Waals surface area contributed by atoms with Gasteiger partial charge in [0.2, 0.25) is 0 Å². The summed E-state index contributed by atoms with van der Waals surface area (Å²) in [5, 5.41) is 23.2. The molecule has 1 N–H and O–H groups in total. The van der Waals surface area contributed by atoms with E-state index in [0.717, 1.165) is 37.7 Å². The lowest BCUT2D eigenvalue weighted by molar-refractivity contribution is -0.763. The molecular formula is C39H50N2O12. The molecule has 0 heterocycles. The summed E-state index contributed by atoms with van der Waals surface area (Å²) in [6.45, 7) is 7.66. The first kappa shape index (κ1) is 41.2. The predicted molar refractivity (Wildman–Crippen MR) is 190 cm³/mol. The van der Waals surface area contributed by atoms with Crippen LogP contribution in [0.1, 0.15) is 96.6 Å². The summed E-state index contributed by atoms with van der Waals surface area (Å²) in [5.41, 5.74) is 1.54. The van der Waals surface area contributed by atoms with Crippen LogP contribution in [0, 0.1) is 55.4 Å². The number of nitroso groups, excluding NO2 is 1. The van der Waals surface area contributed by atoms with E-state index in [9.17, 15) is 44.1 Å². The minimum absolute atomic E-state index is 0.00476. The number of unbranched alkanes of at least 4 members (excludes halogenated alkanes) is 1. The Bertz CT molecular complexity index is 1620. The van der Waals surface area contributed by atoms with E-state index in [2.05, 4.69) is 30.8 Å². The van der Waals surface area contributed by atoms with Crippen molar-refractivity contribution in [3.05, 3.63) is 74.2 Å². The highest BCUT2D eigenvalue weighted by molar-refractivity contribution is 6.01. The number of Topliss-reactive ketones (excluding diaryl/α,β-unsaturated/α-hetero) is 1. The fourth-order valence-electron chi connectivity index (χ4n) is 9.36. The third-order valence-electron chi connectivity index (χ3n) is 11.7. The number of aliphatic hydroxyl groups excluding tert-OH is 1. The maximum atomic E-state index is 13.6. The van der Waals surface area contributed by atoms with Gasteiger partial charge in [0, 0.05) is 28.8 Å². The number of aliphatic hydroxyl groups is 1. The van der Waals surface area contributed by atoms with Crippen molar-refractivity contribution in [2.75, 3.05) is 6.61 Å². The van der Waals surface area contributed by atoms with E-state index in [-0.39, 0.29) is 79.2 Å². The number of amides is 1. The Morgan fingerprint density at radius 3 is 2.28 bits per heavy atom. The fraction of sp³-hybridized carbons (Fsp3) is 0.615. The maximum Gasteiger partial charge on any atom is 0.306 e. The molecule has 3 saturated carbocycles. The zero-order valence-corrected chi connectivity index (χ0v) is 30.8. The fourth-order valence-corrected chi connectivity index (χ4v) is 9.36. The Kier molecular flexibility index (Phi) is 13.9. The van der Waals surface area contributed by atoms with E-state index in [0.29, 0.717) is 24.0 Å². The minimum atomic E-state index is -0.873. The second kappa shape index (κ2) is 18.0. The number of rotatable bonds is 14. The summed E-state index contributed by atoms with van der Waals surface area (Å²) >= 11 is 0. The van der Waals surface area contributed by atoms with E-state index in [4.69, 9.17) is 9.47 Å². The molecular weight excluding hydrogens is 688 g/mol. The van der Waals surface area contributed by atoms with Gasteiger partial charge in [-0.15, -0.1) is 15.0 Å². The Morgan fingerprint density at radius 1 is 1.02 bits per heavy atom. The van der Waals surface area contributed by atoms with Crippen molar-refractivity contribution in [2.45, 2.75) is 105 Å². The zero-order chi connectivity index (χ0) is 38.9. The lowest BCUT2D eigenvalue weighted by Gasteiger charge is -2.58. The lowest BCUT2D eigenvalue weighted by Crippen LogP contribution is -2.56. The van der Waals surface area contributed by atoms with E-state index < -0.39 is 34.5 Å². The molecule has 0 aromatic heterocycles. The SMILES string of the molecule is CC1CC2C3CCC4=CC(=O)C=CC4(C)C3C(O)CC2(C)C1C(=O)COC(=O)CCC(=O)OCc1ccc(CO[N+](=O)[O-])cc1.CCCCC(=O)N=O. The number of allylic oxidation sites excluding steroid dienone is 4. The molecule has 8 atom stereocenters. The van der Waals surface area contributed by atoms with Crippen LogP contribution in [0.3, 0.4) is 0 Å². The summed E-state index contributed by atoms with van der Waals surface area (Å²) in [6, 6.07) is 6.57. The Hall–Kier alpha value is -4.59. The average Bonchev–Trinajstić information content (AvgIpc) is 3.39. The molecule has 5 rings (SSSR count). The van der Waals surface area contributed by atoms with Crippen molar-refractivity contribution in [1.29, 1.82) is 0 Å². The molecule has 1 aromatic carbocycles. The van der Waals surface area contributed by atoms with E-state index in [1.165, 1.54) is 0 Å². The Balaban J connectivity index is 0.000000703. The molecule has 8 unspecified atom stereocenters. The minimum Gasteiger partial charge on any atom is -0.461 e. The number of carbonyl (C=O) groups is 5. The van der Waals surface area contributed by atoms with Gasteiger partial charge in [-0.3, -0.25) is 24.0 Å². The number of fused-ring (bicyclic) bond motifs is 5. The molecule has 3 fully saturated rings. The highest BCUT2D eigenvalue weighted by Gasteiger charge is 2.64. The van der Waals surface area contributed by atoms with Gasteiger partial charge in [-0.05, 0) is 78.6 Å². The molecule has 53 heavy (non-hydrogen) atoms. The largest absolute Gasteiger partial charge is 0.461 e. The normalized spacial score (nSPS) is 29.5. The molecule has 4 aliphatic rings. The molecule has 0 radical (unpaired) electrons. The first-order valence-corrected chi connectivity index (χ1v) is 18.3. The number of esters is 2. The molecule has 4 aliphatic carbocycles. The standard InChI is InChI=1S/C34H41NO10.C5H9NO2/c1-20-14-26-25-9-8-23-15-24(36)12-13-33(23,2)32(25)27(37)16-34(26,3)31(20)28(38)19-44-30(40)11-10-29(39)43-17-21-4-6-22(7-5-21)18-45-35(41)42;1-2-3-4-5(7)6-8/h4-7,12-13,15,20,25-27,31-32,37H,8-11,14,16-19H2,1-3H3;2-4H2,1H3. The van der Waals surface area contributed by atoms with Gasteiger partial charge >= 0.3 is 11.9 Å². The highest BCUT2D eigenvalue weighted by Crippen LogP contribution is 2.67. The number of ether oxygens (including phenoxy) is 2. The molecule has 14 heteroatoms. The van der Waals surface area contributed by atoms with Crippen molar-refractivity contribution in [3.8, 4) is 0 Å². The van der Waals surface area contributed by atoms with Crippen LogP contribution in [-0.2, 0) is 51.5 Å². The van der Waals surface area contributed by atoms with Gasteiger partial charge in [0.1, 0.15) is 19.8 Å². The van der Waals surface area contributed by atoms with Gasteiger partial charge in [0.15, 0.2) is 11.6 Å². The quantitative estimate of drug-likeness (QED) is 0.102. The molecule has 0 bridgehead atoms. The second-order valence-electron chi connectivity index (χ2n) is 15.2. The maximum absolute atomic E-state index is 13.6. The third-order valence-corrected chi connectivity index (χ3v) is 11.7. The van der Waals surface area contributed by atoms with E-state index in [1.54, 1.807) is 36.4 Å². The first-order valence-electron chi connectivity index (χ1n) is 18.3. The number of carbonyl (C=O) groups excluding carboxylic acids is 5. The van der Waals surface area contributed by atoms with Crippen molar-refractivity contribution < 1.29 is 48.5 Å². The van der Waals surface area contributed by atoms with Gasteiger partial charge in [0.25, 0.3) is 11.0 Å². The van der Waals surface area contributed by atoms with Gasteiger partial charge in [-0.1, -0.05) is 70.0 Å². The molecule has 0 aliphatic heterocycles. The molecule has 1 amide bonds. The summed E-state index contributed by atoms with van der Waals surface area (Å²) < 4.78 is 10.5. The molecule has 1 aromatic rings. The zero-order valence-electron chi connectivity index (χ0n) is 30.8. The Morgan fingerprint density at radius 2 is 1.66 bits per heavy atom. The number of nitrogens with zero attached hydrogens (tertiary/aromatic N) is 2. The lowest BCUT2D eigenvalue weighted by atomic mass is 9.46. The summed E-state index contributed by atoms with van der Waals surface area (Å²) in [5.74, 6) is -1.83. The monoisotopic (exact) mass is 738 g/mol. The van der Waals surface area contributed by atoms with Gasteiger partial charge in [0.05, 0.1) is 18.9 Å². The van der Waals surface area contributed by atoms with Crippen LogP contribution >= 0.6 is 0 Å². The van der Waals surface area contributed by atoms with Gasteiger partial charge in [-0.2, -0.15) is 0 Å². The van der Waals surface area contributed by atoms with Gasteiger partial charge < -0.3 is 19.4 Å². The number of hydrogen-bond donors (Lipinski definition) is 1. The predicted octanol–water partition coefficient (Wildman–Crippen LogP) is 5.94. The van der Waals surface area contributed by atoms with Crippen LogP contribution in [0.5, 0.6) is 0 Å². The number of benzene rings is 1. The van der Waals surface area contributed by atoms with Crippen LogP contribution in [0.2, 0.25) is 0 Å². The smallest absolute Gasteiger partial charge is 0.306 e. The third kappa shape index (κ3) is 9.89. The van der Waals surface area contributed by atoms with Crippen molar-refractivity contribution in [3.63, 3.8) is 0 Å². The topological polar surface area (TPSA) is 206 Å². The average molecular weight is 739 g/mol. The van der Waals surface area contributed by atoms with Crippen LogP contribution < -0.4 is 0 Å². The molecule has 0 saturated heterocycles. The van der Waals surface area contributed by atoms with Gasteiger partial charge in [-0.25, -0.2) is 0 Å². The first-order chi connectivity index (χ1) is 25.1. The van der Waals surface area contributed by atoms with Crippen LogP contribution in [0.15, 0.2) is 53.2 Å². The Labute approximate surface area is 308 Å². The van der Waals surface area contributed by atoms with Crippen LogP contribution in [-0.4, -0.2) is 52.3 Å². The molecule has 14 nitrogen and oxygen atoms in total. The van der Waals surface area contributed by atoms with E-state index >= 15 is 0 Å². The van der Waals surface area contributed by atoms with Crippen molar-refractivity contribution in [1.82, 2.24) is 0 Å². The van der Waals surface area contributed by atoms with Crippen molar-refractivity contribution in [2.24, 2.45) is 45.6 Å². The van der Waals surface area contributed by atoms with E-state index in [1.807, 2.05) is 13.0 Å². The molecule has 0 spiro atoms. The summed E-state index contributed by atoms with van der Waals surface area (Å²) in [7, 11) is 0. The van der Waals surface area contributed by atoms with Crippen LogP contribution in [0.25, 0.3) is 0 Å². The summed E-state index contributed by atoms with van der Waals surface area (Å²) in [4.78, 5) is 84.4. The van der Waals surface area contributed by atoms with Crippen LogP contribution in [0.4, 0.5) is 0 Å². The highest BCUT2D eigenvalue weighted by atomic mass is 16.9. The number of hydrogen-bond acceptors (Lipinski definition) is 12. The molecule has 288 valence electrons. The summed E-state index contributed by atoms with van der Waals surface area (Å²) in [6.07, 6.45) is 9.26. The number of ketones is 2.